The second-order valence-electron chi connectivity index (χ2n) is 6.72. The number of hydrogen-bond donors (Lipinski definition) is 1. The lowest BCUT2D eigenvalue weighted by molar-refractivity contribution is -0.115. The van der Waals surface area contributed by atoms with Crippen LogP contribution in [0.25, 0.3) is 5.82 Å². The highest BCUT2D eigenvalue weighted by atomic mass is 16.5. The summed E-state index contributed by atoms with van der Waals surface area (Å²) < 4.78 is 7.08. The molecular weight excluding hydrogens is 356 g/mol. The Balaban J connectivity index is 1.48. The number of nitrogens with zero attached hydrogens (tertiary/aromatic N) is 5. The Bertz CT molecular complexity index is 965. The fourth-order valence-corrected chi connectivity index (χ4v) is 3.24. The first-order chi connectivity index (χ1) is 13.7. The van der Waals surface area contributed by atoms with Gasteiger partial charge >= 0.3 is 0 Å². The van der Waals surface area contributed by atoms with Crippen LogP contribution in [0.15, 0.2) is 49.2 Å². The van der Waals surface area contributed by atoms with Gasteiger partial charge in [-0.3, -0.25) is 4.79 Å². The third-order valence-electron chi connectivity index (χ3n) is 4.55. The highest BCUT2D eigenvalue weighted by molar-refractivity contribution is 5.92. The third kappa shape index (κ3) is 4.17. The molecule has 1 amide bonds. The number of aromatic nitrogens is 4. The normalized spacial score (nSPS) is 14.1. The minimum atomic E-state index is -0.0822. The van der Waals surface area contributed by atoms with Crippen LogP contribution in [0.1, 0.15) is 11.1 Å². The van der Waals surface area contributed by atoms with Gasteiger partial charge in [-0.1, -0.05) is 29.8 Å². The average molecular weight is 378 g/mol. The number of morpholine rings is 1. The van der Waals surface area contributed by atoms with E-state index in [2.05, 4.69) is 25.3 Å². The smallest absolute Gasteiger partial charge is 0.228 e. The van der Waals surface area contributed by atoms with Crippen molar-refractivity contribution in [1.82, 2.24) is 19.7 Å². The van der Waals surface area contributed by atoms with Crippen LogP contribution in [-0.4, -0.2) is 52.0 Å². The van der Waals surface area contributed by atoms with E-state index in [1.807, 2.05) is 31.2 Å². The molecule has 4 rings (SSSR count). The highest BCUT2D eigenvalue weighted by Gasteiger charge is 2.18. The molecular formula is C20H22N6O2. The fourth-order valence-electron chi connectivity index (χ4n) is 3.24. The van der Waals surface area contributed by atoms with Crippen LogP contribution < -0.4 is 10.2 Å². The quantitative estimate of drug-likeness (QED) is 0.731. The van der Waals surface area contributed by atoms with Crippen molar-refractivity contribution in [3.63, 3.8) is 0 Å². The molecule has 8 heteroatoms. The van der Waals surface area contributed by atoms with Gasteiger partial charge in [0.1, 0.15) is 12.0 Å². The maximum absolute atomic E-state index is 12.4. The number of nitrogens with one attached hydrogen (secondary N) is 1. The number of ether oxygens (including phenoxy) is 1. The largest absolute Gasteiger partial charge is 0.378 e. The third-order valence-corrected chi connectivity index (χ3v) is 4.55. The Hall–Kier alpha value is -3.26. The van der Waals surface area contributed by atoms with Crippen molar-refractivity contribution in [2.75, 3.05) is 36.5 Å². The Morgan fingerprint density at radius 1 is 1.25 bits per heavy atom. The van der Waals surface area contributed by atoms with Crippen molar-refractivity contribution in [3.05, 3.63) is 60.3 Å². The molecule has 8 nitrogen and oxygen atoms in total. The monoisotopic (exact) mass is 378 g/mol. The van der Waals surface area contributed by atoms with Gasteiger partial charge in [0.25, 0.3) is 0 Å². The molecule has 1 fully saturated rings. The van der Waals surface area contributed by atoms with Gasteiger partial charge in [0, 0.05) is 13.1 Å². The predicted octanol–water partition coefficient (Wildman–Crippen LogP) is 1.99. The molecule has 3 heterocycles. The molecule has 2 aromatic heterocycles. The van der Waals surface area contributed by atoms with Gasteiger partial charge in [-0.15, -0.1) is 0 Å². The molecule has 1 saturated heterocycles. The van der Waals surface area contributed by atoms with Crippen molar-refractivity contribution in [2.45, 2.75) is 13.3 Å². The first-order valence-corrected chi connectivity index (χ1v) is 9.22. The first-order valence-electron chi connectivity index (χ1n) is 9.22. The van der Waals surface area contributed by atoms with E-state index in [0.29, 0.717) is 31.1 Å². The number of carbonyl (C=O) groups is 1. The summed E-state index contributed by atoms with van der Waals surface area (Å²) in [6.45, 7) is 4.92. The summed E-state index contributed by atoms with van der Waals surface area (Å²) in [6, 6.07) is 7.93. The molecule has 0 unspecified atom stereocenters. The summed E-state index contributed by atoms with van der Waals surface area (Å²) in [5.41, 5.74) is 3.64. The minimum absolute atomic E-state index is 0.0822. The molecule has 0 atom stereocenters. The van der Waals surface area contributed by atoms with E-state index in [9.17, 15) is 4.79 Å². The van der Waals surface area contributed by atoms with Gasteiger partial charge in [0.15, 0.2) is 5.82 Å². The van der Waals surface area contributed by atoms with Crippen molar-refractivity contribution in [2.24, 2.45) is 0 Å². The van der Waals surface area contributed by atoms with Gasteiger partial charge in [-0.05, 0) is 12.5 Å². The fraction of sp³-hybridized carbons (Fsp3) is 0.300. The molecule has 0 spiro atoms. The number of aryl methyl sites for hydroxylation is 1. The molecule has 0 saturated carbocycles. The van der Waals surface area contributed by atoms with Crippen LogP contribution >= 0.6 is 0 Å². The van der Waals surface area contributed by atoms with Crippen LogP contribution in [0.4, 0.5) is 11.4 Å². The second kappa shape index (κ2) is 8.18. The summed E-state index contributed by atoms with van der Waals surface area (Å²) in [7, 11) is 0. The van der Waals surface area contributed by atoms with Crippen molar-refractivity contribution in [1.29, 1.82) is 0 Å². The first kappa shape index (κ1) is 18.1. The predicted molar refractivity (Wildman–Crippen MR) is 106 cm³/mol. The van der Waals surface area contributed by atoms with E-state index in [-0.39, 0.29) is 5.91 Å². The van der Waals surface area contributed by atoms with Crippen molar-refractivity contribution in [3.8, 4) is 5.82 Å². The van der Waals surface area contributed by atoms with Gasteiger partial charge in [-0.2, -0.15) is 5.10 Å². The van der Waals surface area contributed by atoms with Gasteiger partial charge in [0.2, 0.25) is 5.91 Å². The number of rotatable bonds is 5. The molecule has 0 radical (unpaired) electrons. The van der Waals surface area contributed by atoms with Crippen LogP contribution in [0.5, 0.6) is 0 Å². The second-order valence-corrected chi connectivity index (χ2v) is 6.72. The molecule has 28 heavy (non-hydrogen) atoms. The summed E-state index contributed by atoms with van der Waals surface area (Å²) in [5.74, 6) is 0.595. The van der Waals surface area contributed by atoms with Crippen molar-refractivity contribution < 1.29 is 9.53 Å². The van der Waals surface area contributed by atoms with E-state index in [4.69, 9.17) is 4.74 Å². The van der Waals surface area contributed by atoms with E-state index in [0.717, 1.165) is 29.9 Å². The zero-order valence-electron chi connectivity index (χ0n) is 15.7. The van der Waals surface area contributed by atoms with Crippen LogP contribution in [-0.2, 0) is 16.0 Å². The zero-order valence-corrected chi connectivity index (χ0v) is 15.7. The SMILES string of the molecule is Cc1cccc(CC(=O)Nc2cnn(-c3ncncc3N3CCOCC3)c2)c1. The van der Waals surface area contributed by atoms with Crippen molar-refractivity contribution >= 4 is 17.3 Å². The highest BCUT2D eigenvalue weighted by Crippen LogP contribution is 2.22. The minimum Gasteiger partial charge on any atom is -0.378 e. The molecule has 0 bridgehead atoms. The maximum Gasteiger partial charge on any atom is 0.228 e. The summed E-state index contributed by atoms with van der Waals surface area (Å²) in [4.78, 5) is 23.1. The lowest BCUT2D eigenvalue weighted by atomic mass is 10.1. The Labute approximate surface area is 163 Å². The molecule has 1 aliphatic heterocycles. The van der Waals surface area contributed by atoms with E-state index >= 15 is 0 Å². The zero-order chi connectivity index (χ0) is 19.3. The lowest BCUT2D eigenvalue weighted by Crippen LogP contribution is -2.37. The molecule has 1 N–H and O–H groups in total. The topological polar surface area (TPSA) is 85.2 Å². The molecule has 144 valence electrons. The molecule has 1 aliphatic rings. The molecule has 1 aromatic carbocycles. The van der Waals surface area contributed by atoms with E-state index < -0.39 is 0 Å². The van der Waals surface area contributed by atoms with Gasteiger partial charge in [0.05, 0.1) is 43.9 Å². The van der Waals surface area contributed by atoms with E-state index in [1.165, 1.54) is 6.33 Å². The summed E-state index contributed by atoms with van der Waals surface area (Å²) in [5, 5.41) is 7.27. The molecule has 3 aromatic rings. The van der Waals surface area contributed by atoms with Crippen LogP contribution in [0, 0.1) is 6.92 Å². The summed E-state index contributed by atoms with van der Waals surface area (Å²) in [6.07, 6.45) is 6.99. The average Bonchev–Trinajstić information content (AvgIpc) is 3.17. The standard InChI is InChI=1S/C20H22N6O2/c1-15-3-2-4-16(9-15)10-19(27)24-17-11-23-26(13-17)20-18(12-21-14-22-20)25-5-7-28-8-6-25/h2-4,9,11-14H,5-8,10H2,1H3,(H,24,27). The van der Waals surface area contributed by atoms with Crippen LogP contribution in [0.2, 0.25) is 0 Å². The Kier molecular flexibility index (Phi) is 5.29. The number of carbonyl (C=O) groups excluding carboxylic acids is 1. The Morgan fingerprint density at radius 3 is 2.93 bits per heavy atom. The van der Waals surface area contributed by atoms with Gasteiger partial charge < -0.3 is 15.0 Å². The number of hydrogen-bond acceptors (Lipinski definition) is 6. The molecule has 0 aliphatic carbocycles. The lowest BCUT2D eigenvalue weighted by Gasteiger charge is -2.29. The summed E-state index contributed by atoms with van der Waals surface area (Å²) >= 11 is 0. The number of benzene rings is 1. The van der Waals surface area contributed by atoms with Gasteiger partial charge in [-0.25, -0.2) is 14.6 Å². The number of anilines is 2. The van der Waals surface area contributed by atoms with Crippen LogP contribution in [0.3, 0.4) is 0 Å². The van der Waals surface area contributed by atoms with E-state index in [1.54, 1.807) is 23.3 Å². The maximum atomic E-state index is 12.4. The Morgan fingerprint density at radius 2 is 2.11 bits per heavy atom. The number of amides is 1.